The van der Waals surface area contributed by atoms with Gasteiger partial charge in [-0.25, -0.2) is 4.98 Å². The van der Waals surface area contributed by atoms with Crippen LogP contribution in [-0.2, 0) is 6.18 Å². The lowest BCUT2D eigenvalue weighted by Gasteiger charge is -2.11. The van der Waals surface area contributed by atoms with Crippen molar-refractivity contribution in [1.82, 2.24) is 4.98 Å². The first-order valence-corrected chi connectivity index (χ1v) is 10.6. The zero-order valence-electron chi connectivity index (χ0n) is 16.0. The Morgan fingerprint density at radius 2 is 1.76 bits per heavy atom. The molecule has 0 aliphatic rings. The number of ether oxygens (including phenoxy) is 1. The van der Waals surface area contributed by atoms with E-state index in [-0.39, 0.29) is 32.2 Å². The van der Waals surface area contributed by atoms with Gasteiger partial charge in [-0.05, 0) is 41.8 Å². The first kappa shape index (κ1) is 22.9. The van der Waals surface area contributed by atoms with Gasteiger partial charge in [-0.3, -0.25) is 4.79 Å². The lowest BCUT2D eigenvalue weighted by atomic mass is 10.1. The number of nitrogens with zero attached hydrogens (tertiary/aromatic N) is 1. The Bertz CT molecular complexity index is 1310. The van der Waals surface area contributed by atoms with E-state index < -0.39 is 29.8 Å². The molecule has 0 fully saturated rings. The summed E-state index contributed by atoms with van der Waals surface area (Å²) in [4.78, 5) is 17.2. The van der Waals surface area contributed by atoms with Gasteiger partial charge in [0.05, 0.1) is 21.8 Å². The summed E-state index contributed by atoms with van der Waals surface area (Å²) in [5.41, 5.74) is 4.71. The highest BCUT2D eigenvalue weighted by atomic mass is 32.1. The maximum absolute atomic E-state index is 13.8. The number of rotatable bonds is 4. The van der Waals surface area contributed by atoms with Crippen LogP contribution >= 0.6 is 22.7 Å². The molecular formula is C20H11F6N3O2S2. The number of amides is 1. The first-order chi connectivity index (χ1) is 15.4. The van der Waals surface area contributed by atoms with Crippen molar-refractivity contribution in [2.45, 2.75) is 12.5 Å². The molecule has 172 valence electrons. The number of anilines is 2. The van der Waals surface area contributed by atoms with Gasteiger partial charge in [0.1, 0.15) is 15.5 Å². The molecule has 33 heavy (non-hydrogen) atoms. The van der Waals surface area contributed by atoms with Gasteiger partial charge in [-0.1, -0.05) is 6.07 Å². The van der Waals surface area contributed by atoms with E-state index in [2.05, 4.69) is 15.0 Å². The highest BCUT2D eigenvalue weighted by Crippen LogP contribution is 2.44. The van der Waals surface area contributed by atoms with E-state index in [4.69, 9.17) is 5.73 Å². The molecule has 0 atom stereocenters. The summed E-state index contributed by atoms with van der Waals surface area (Å²) in [6, 6.07) is 8.44. The number of carbonyl (C=O) groups is 1. The van der Waals surface area contributed by atoms with Gasteiger partial charge in [-0.15, -0.1) is 35.8 Å². The van der Waals surface area contributed by atoms with Crippen LogP contribution in [0.2, 0.25) is 0 Å². The smallest absolute Gasteiger partial charge is 0.406 e. The Hall–Kier alpha value is -3.32. The van der Waals surface area contributed by atoms with Crippen LogP contribution in [0.1, 0.15) is 15.2 Å². The molecule has 0 aliphatic carbocycles. The molecule has 0 unspecified atom stereocenters. The second-order valence-corrected chi connectivity index (χ2v) is 8.53. The number of fused-ring (bicyclic) bond motifs is 1. The van der Waals surface area contributed by atoms with E-state index in [0.29, 0.717) is 16.2 Å². The number of benzene rings is 1. The van der Waals surface area contributed by atoms with Crippen molar-refractivity contribution in [1.29, 1.82) is 0 Å². The van der Waals surface area contributed by atoms with Crippen molar-refractivity contribution in [3.05, 3.63) is 58.3 Å². The van der Waals surface area contributed by atoms with Crippen LogP contribution in [0.3, 0.4) is 0 Å². The van der Waals surface area contributed by atoms with Crippen LogP contribution in [-0.4, -0.2) is 17.3 Å². The van der Waals surface area contributed by atoms with Gasteiger partial charge in [0, 0.05) is 11.1 Å². The lowest BCUT2D eigenvalue weighted by Crippen LogP contribution is -2.17. The highest BCUT2D eigenvalue weighted by Gasteiger charge is 2.36. The lowest BCUT2D eigenvalue weighted by molar-refractivity contribution is -0.274. The normalized spacial score (nSPS) is 12.2. The Labute approximate surface area is 189 Å². The largest absolute Gasteiger partial charge is 0.573 e. The fourth-order valence-electron chi connectivity index (χ4n) is 2.99. The zero-order chi connectivity index (χ0) is 24.0. The van der Waals surface area contributed by atoms with Gasteiger partial charge in [0.2, 0.25) is 0 Å². The van der Waals surface area contributed by atoms with Gasteiger partial charge in [-0.2, -0.15) is 13.2 Å². The Morgan fingerprint density at radius 1 is 1.06 bits per heavy atom. The van der Waals surface area contributed by atoms with Gasteiger partial charge >= 0.3 is 12.5 Å². The molecule has 1 aromatic carbocycles. The summed E-state index contributed by atoms with van der Waals surface area (Å²) >= 11 is 1.90. The number of hydrogen-bond acceptors (Lipinski definition) is 6. The molecule has 3 N–H and O–H groups in total. The van der Waals surface area contributed by atoms with Crippen LogP contribution in [0.5, 0.6) is 5.75 Å². The fourth-order valence-corrected chi connectivity index (χ4v) is 4.69. The molecule has 0 saturated heterocycles. The van der Waals surface area contributed by atoms with Crippen molar-refractivity contribution >= 4 is 50.2 Å². The Balaban J connectivity index is 1.69. The molecule has 0 bridgehead atoms. The van der Waals surface area contributed by atoms with E-state index in [1.54, 1.807) is 17.5 Å². The van der Waals surface area contributed by atoms with E-state index in [9.17, 15) is 31.1 Å². The van der Waals surface area contributed by atoms with E-state index in [1.807, 2.05) is 0 Å². The third-order valence-corrected chi connectivity index (χ3v) is 6.32. The monoisotopic (exact) mass is 503 g/mol. The number of nitrogen functional groups attached to an aromatic ring is 1. The van der Waals surface area contributed by atoms with Crippen molar-refractivity contribution in [2.75, 3.05) is 11.1 Å². The maximum atomic E-state index is 13.8. The van der Waals surface area contributed by atoms with E-state index in [1.165, 1.54) is 11.3 Å². The fraction of sp³-hybridized carbons (Fsp3) is 0.100. The molecule has 4 aromatic rings. The molecule has 0 spiro atoms. The maximum Gasteiger partial charge on any atom is 0.573 e. The second kappa shape index (κ2) is 8.23. The summed E-state index contributed by atoms with van der Waals surface area (Å²) in [5.74, 6) is -1.33. The SMILES string of the molecule is Nc1c(C(=O)Nc2ccc(OC(F)(F)F)cc2)sc2nc(-c3cccs3)cc(C(F)(F)F)c12. The zero-order valence-corrected chi connectivity index (χ0v) is 17.7. The third kappa shape index (κ3) is 4.88. The molecule has 3 heterocycles. The average molecular weight is 503 g/mol. The van der Waals surface area contributed by atoms with Crippen molar-refractivity contribution < 1.29 is 35.9 Å². The quantitative estimate of drug-likeness (QED) is 0.301. The predicted molar refractivity (Wildman–Crippen MR) is 113 cm³/mol. The van der Waals surface area contributed by atoms with E-state index >= 15 is 0 Å². The Morgan fingerprint density at radius 3 is 2.33 bits per heavy atom. The number of halogens is 6. The summed E-state index contributed by atoms with van der Waals surface area (Å²) in [5, 5.41) is 3.71. The number of hydrogen-bond donors (Lipinski definition) is 2. The van der Waals surface area contributed by atoms with Crippen LogP contribution in [0.25, 0.3) is 20.8 Å². The number of pyridine rings is 1. The molecule has 0 saturated carbocycles. The van der Waals surface area contributed by atoms with Crippen LogP contribution in [0, 0.1) is 0 Å². The van der Waals surface area contributed by atoms with Gasteiger partial charge in [0.25, 0.3) is 5.91 Å². The minimum Gasteiger partial charge on any atom is -0.406 e. The topological polar surface area (TPSA) is 77.2 Å². The third-order valence-electron chi connectivity index (χ3n) is 4.33. The molecule has 4 rings (SSSR count). The number of carbonyl (C=O) groups excluding carboxylic acids is 1. The molecule has 1 amide bonds. The summed E-state index contributed by atoms with van der Waals surface area (Å²) in [7, 11) is 0. The average Bonchev–Trinajstić information content (AvgIpc) is 3.35. The first-order valence-electron chi connectivity index (χ1n) is 8.93. The summed E-state index contributed by atoms with van der Waals surface area (Å²) in [6.45, 7) is 0. The van der Waals surface area contributed by atoms with Crippen molar-refractivity contribution in [2.24, 2.45) is 0 Å². The summed E-state index contributed by atoms with van der Waals surface area (Å²) < 4.78 is 81.8. The van der Waals surface area contributed by atoms with Crippen LogP contribution < -0.4 is 15.8 Å². The number of nitrogens with two attached hydrogens (primary N) is 1. The van der Waals surface area contributed by atoms with E-state index in [0.717, 1.165) is 30.3 Å². The summed E-state index contributed by atoms with van der Waals surface area (Å²) in [6.07, 6.45) is -9.62. The van der Waals surface area contributed by atoms with Gasteiger partial charge < -0.3 is 15.8 Å². The van der Waals surface area contributed by atoms with Gasteiger partial charge in [0.15, 0.2) is 0 Å². The molecule has 0 radical (unpaired) electrons. The van der Waals surface area contributed by atoms with Crippen LogP contribution in [0.4, 0.5) is 37.7 Å². The Kier molecular flexibility index (Phi) is 5.70. The van der Waals surface area contributed by atoms with Crippen molar-refractivity contribution in [3.63, 3.8) is 0 Å². The number of alkyl halides is 6. The number of aromatic nitrogens is 1. The molecule has 0 aliphatic heterocycles. The second-order valence-electron chi connectivity index (χ2n) is 6.58. The predicted octanol–water partition coefficient (Wildman–Crippen LogP) is 6.78. The van der Waals surface area contributed by atoms with Crippen LogP contribution in [0.15, 0.2) is 47.8 Å². The van der Waals surface area contributed by atoms with Crippen molar-refractivity contribution in [3.8, 4) is 16.3 Å². The number of thiophene rings is 2. The number of nitrogens with one attached hydrogen (secondary N) is 1. The molecule has 3 aromatic heterocycles. The molecular weight excluding hydrogens is 492 g/mol. The standard InChI is InChI=1S/C20H11F6N3O2S2/c21-19(22,23)11-8-12(13-2-1-7-32-13)29-18-14(11)15(27)16(33-18)17(30)28-9-3-5-10(6-4-9)31-20(24,25)26/h1-8H,27H2,(H,28,30). The highest BCUT2D eigenvalue weighted by molar-refractivity contribution is 7.21. The molecule has 13 heteroatoms. The minimum absolute atomic E-state index is 0.0650. The molecule has 5 nitrogen and oxygen atoms in total. The minimum atomic E-state index is -4.87.